The number of rotatable bonds is 3. The Balaban J connectivity index is 2.44. The van der Waals surface area contributed by atoms with E-state index in [9.17, 15) is 9.59 Å². The molecule has 0 aromatic carbocycles. The van der Waals surface area contributed by atoms with Gasteiger partial charge in [-0.15, -0.1) is 0 Å². The van der Waals surface area contributed by atoms with Crippen molar-refractivity contribution < 1.29 is 14.1 Å². The van der Waals surface area contributed by atoms with Crippen molar-refractivity contribution in [2.75, 3.05) is 0 Å². The molecule has 13 heavy (non-hydrogen) atoms. The van der Waals surface area contributed by atoms with Crippen molar-refractivity contribution in [1.29, 1.82) is 0 Å². The first-order valence-electron chi connectivity index (χ1n) is 3.67. The first-order valence-corrected chi connectivity index (χ1v) is 3.67. The van der Waals surface area contributed by atoms with Crippen LogP contribution in [0.5, 0.6) is 0 Å². The lowest BCUT2D eigenvalue weighted by Gasteiger charge is -1.96. The third kappa shape index (κ3) is 2.66. The van der Waals surface area contributed by atoms with Crippen molar-refractivity contribution in [2.24, 2.45) is 0 Å². The fourth-order valence-corrected chi connectivity index (χ4v) is 0.697. The quantitative estimate of drug-likeness (QED) is 0.643. The van der Waals surface area contributed by atoms with E-state index >= 15 is 0 Å². The van der Waals surface area contributed by atoms with Crippen LogP contribution in [0.3, 0.4) is 0 Å². The molecule has 0 aliphatic rings. The van der Waals surface area contributed by atoms with Crippen LogP contribution in [0.2, 0.25) is 0 Å². The molecule has 0 radical (unpaired) electrons. The summed E-state index contributed by atoms with van der Waals surface area (Å²) in [6.45, 7) is 2.94. The minimum absolute atomic E-state index is 0.107. The number of aromatic nitrogens is 2. The predicted octanol–water partition coefficient (Wildman–Crippen LogP) is -0.417. The number of hydrogen-bond acceptors (Lipinski definition) is 5. The molecule has 6 nitrogen and oxygen atoms in total. The summed E-state index contributed by atoms with van der Waals surface area (Å²) in [5, 5.41) is 5.87. The second kappa shape index (κ2) is 3.79. The Morgan fingerprint density at radius 3 is 2.69 bits per heavy atom. The molecular weight excluding hydrogens is 174 g/mol. The molecule has 1 heterocycles. The number of amides is 1. The Labute approximate surface area is 74.3 Å². The summed E-state index contributed by atoms with van der Waals surface area (Å²) in [6, 6.07) is 0. The lowest BCUT2D eigenvalue weighted by molar-refractivity contribution is -0.136. The van der Waals surface area contributed by atoms with Gasteiger partial charge in [0.15, 0.2) is 5.82 Å². The smallest absolute Gasteiger partial charge is 0.287 e. The molecule has 1 rings (SSSR count). The van der Waals surface area contributed by atoms with E-state index in [0.29, 0.717) is 11.7 Å². The molecule has 0 bridgehead atoms. The fourth-order valence-electron chi connectivity index (χ4n) is 0.697. The first kappa shape index (κ1) is 9.37. The normalized spacial score (nSPS) is 9.69. The molecule has 0 aliphatic heterocycles. The van der Waals surface area contributed by atoms with Gasteiger partial charge in [0.2, 0.25) is 11.7 Å². The average Bonchev–Trinajstić information content (AvgIpc) is 2.47. The maximum absolute atomic E-state index is 10.8. The molecule has 6 heteroatoms. The summed E-state index contributed by atoms with van der Waals surface area (Å²) in [6.07, 6.45) is 0. The van der Waals surface area contributed by atoms with Crippen LogP contribution in [0.25, 0.3) is 0 Å². The molecule has 0 atom stereocenters. The number of carbonyl (C=O) groups is 2. The molecule has 1 N–H and O–H groups in total. The Morgan fingerprint density at radius 1 is 1.54 bits per heavy atom. The number of Topliss-reactive ketones (excluding diaryl/α,β-unsaturated/α-hetero) is 1. The molecule has 1 aromatic heterocycles. The zero-order valence-electron chi connectivity index (χ0n) is 7.33. The van der Waals surface area contributed by atoms with E-state index in [1.807, 2.05) is 0 Å². The van der Waals surface area contributed by atoms with Crippen LogP contribution in [0.4, 0.5) is 0 Å². The molecule has 0 unspecified atom stereocenters. The lowest BCUT2D eigenvalue weighted by Crippen LogP contribution is -2.28. The van der Waals surface area contributed by atoms with Crippen LogP contribution in [0.1, 0.15) is 18.6 Å². The Morgan fingerprint density at radius 2 is 2.23 bits per heavy atom. The number of ketones is 1. The summed E-state index contributed by atoms with van der Waals surface area (Å²) >= 11 is 0. The van der Waals surface area contributed by atoms with Crippen LogP contribution >= 0.6 is 0 Å². The molecule has 0 saturated carbocycles. The summed E-state index contributed by atoms with van der Waals surface area (Å²) < 4.78 is 4.66. The van der Waals surface area contributed by atoms with Crippen molar-refractivity contribution >= 4 is 11.7 Å². The van der Waals surface area contributed by atoms with Gasteiger partial charge in [-0.3, -0.25) is 9.59 Å². The van der Waals surface area contributed by atoms with Crippen molar-refractivity contribution in [2.45, 2.75) is 20.4 Å². The van der Waals surface area contributed by atoms with Crippen LogP contribution in [-0.2, 0) is 16.1 Å². The van der Waals surface area contributed by atoms with E-state index in [-0.39, 0.29) is 6.54 Å². The van der Waals surface area contributed by atoms with E-state index in [4.69, 9.17) is 0 Å². The highest BCUT2D eigenvalue weighted by Gasteiger charge is 2.08. The van der Waals surface area contributed by atoms with Crippen molar-refractivity contribution in [3.8, 4) is 0 Å². The summed E-state index contributed by atoms with van der Waals surface area (Å²) in [5.74, 6) is -0.415. The molecule has 0 fully saturated rings. The van der Waals surface area contributed by atoms with Gasteiger partial charge >= 0.3 is 0 Å². The van der Waals surface area contributed by atoms with Crippen LogP contribution < -0.4 is 5.32 Å². The zero-order chi connectivity index (χ0) is 9.84. The SMILES string of the molecule is CC(=O)C(=O)NCc1noc(C)n1. The van der Waals surface area contributed by atoms with Gasteiger partial charge in [-0.1, -0.05) is 5.16 Å². The van der Waals surface area contributed by atoms with Gasteiger partial charge in [-0.05, 0) is 0 Å². The molecule has 0 spiro atoms. The van der Waals surface area contributed by atoms with E-state index in [0.717, 1.165) is 0 Å². The predicted molar refractivity (Wildman–Crippen MR) is 41.6 cm³/mol. The molecule has 1 amide bonds. The van der Waals surface area contributed by atoms with Crippen LogP contribution in [-0.4, -0.2) is 21.8 Å². The minimum Gasteiger partial charge on any atom is -0.342 e. The van der Waals surface area contributed by atoms with Crippen LogP contribution in [0, 0.1) is 6.92 Å². The number of nitrogens with one attached hydrogen (secondary N) is 1. The summed E-state index contributed by atoms with van der Waals surface area (Å²) in [5.41, 5.74) is 0. The highest BCUT2D eigenvalue weighted by Crippen LogP contribution is 1.93. The highest BCUT2D eigenvalue weighted by molar-refractivity contribution is 6.35. The third-order valence-corrected chi connectivity index (χ3v) is 1.30. The Hall–Kier alpha value is -1.72. The van der Waals surface area contributed by atoms with Crippen LogP contribution in [0.15, 0.2) is 4.52 Å². The second-order valence-electron chi connectivity index (χ2n) is 2.47. The van der Waals surface area contributed by atoms with Gasteiger partial charge in [0.05, 0.1) is 6.54 Å². The average molecular weight is 183 g/mol. The molecule has 70 valence electrons. The summed E-state index contributed by atoms with van der Waals surface area (Å²) in [7, 11) is 0. The zero-order valence-corrected chi connectivity index (χ0v) is 7.33. The molecule has 0 aliphatic carbocycles. The first-order chi connectivity index (χ1) is 6.09. The van der Waals surface area contributed by atoms with E-state index < -0.39 is 11.7 Å². The van der Waals surface area contributed by atoms with Gasteiger partial charge in [-0.25, -0.2) is 0 Å². The number of nitrogens with zero attached hydrogens (tertiary/aromatic N) is 2. The number of carbonyl (C=O) groups excluding carboxylic acids is 2. The van der Waals surface area contributed by atoms with Crippen molar-refractivity contribution in [1.82, 2.24) is 15.5 Å². The molecule has 1 aromatic rings. The monoisotopic (exact) mass is 183 g/mol. The standard InChI is InChI=1S/C7H9N3O3/c1-4(11)7(12)8-3-6-9-5(2)13-10-6/h3H2,1-2H3,(H,8,12). The van der Waals surface area contributed by atoms with Gasteiger partial charge in [0, 0.05) is 13.8 Å². The third-order valence-electron chi connectivity index (χ3n) is 1.30. The van der Waals surface area contributed by atoms with Crippen molar-refractivity contribution in [3.05, 3.63) is 11.7 Å². The van der Waals surface area contributed by atoms with Gasteiger partial charge < -0.3 is 9.84 Å². The second-order valence-corrected chi connectivity index (χ2v) is 2.47. The molecule has 0 saturated heterocycles. The maximum Gasteiger partial charge on any atom is 0.287 e. The fraction of sp³-hybridized carbons (Fsp3) is 0.429. The van der Waals surface area contributed by atoms with Gasteiger partial charge in [-0.2, -0.15) is 4.98 Å². The number of aryl methyl sites for hydroxylation is 1. The van der Waals surface area contributed by atoms with Crippen molar-refractivity contribution in [3.63, 3.8) is 0 Å². The van der Waals surface area contributed by atoms with E-state index in [1.165, 1.54) is 6.92 Å². The number of hydrogen-bond donors (Lipinski definition) is 1. The Kier molecular flexibility index (Phi) is 2.73. The lowest BCUT2D eigenvalue weighted by atomic mass is 10.4. The minimum atomic E-state index is -0.651. The largest absolute Gasteiger partial charge is 0.342 e. The van der Waals surface area contributed by atoms with E-state index in [2.05, 4.69) is 20.0 Å². The summed E-state index contributed by atoms with van der Waals surface area (Å²) in [4.78, 5) is 25.1. The van der Waals surface area contributed by atoms with E-state index in [1.54, 1.807) is 6.92 Å². The topological polar surface area (TPSA) is 85.1 Å². The van der Waals surface area contributed by atoms with Gasteiger partial charge in [0.25, 0.3) is 5.91 Å². The maximum atomic E-state index is 10.8. The Bertz CT molecular complexity index is 331. The van der Waals surface area contributed by atoms with Gasteiger partial charge in [0.1, 0.15) is 0 Å². The molecular formula is C7H9N3O3. The highest BCUT2D eigenvalue weighted by atomic mass is 16.5.